The number of hydrogen-bond acceptors (Lipinski definition) is 4. The second kappa shape index (κ2) is 3.89. The van der Waals surface area contributed by atoms with Crippen molar-refractivity contribution in [2.75, 3.05) is 0 Å². The van der Waals surface area contributed by atoms with E-state index < -0.39 is 11.6 Å². The van der Waals surface area contributed by atoms with Crippen molar-refractivity contribution in [3.63, 3.8) is 0 Å². The summed E-state index contributed by atoms with van der Waals surface area (Å²) in [5.74, 6) is -0.649. The first-order valence-electron chi connectivity index (χ1n) is 3.90. The second-order valence-corrected chi connectivity index (χ2v) is 2.77. The van der Waals surface area contributed by atoms with Crippen LogP contribution in [0.15, 0.2) is 27.6 Å². The Morgan fingerprint density at radius 2 is 2.23 bits per heavy atom. The lowest BCUT2D eigenvalue weighted by atomic mass is 10.3. The van der Waals surface area contributed by atoms with Gasteiger partial charge in [0.15, 0.2) is 0 Å². The largest absolute Gasteiger partial charge is 0.459 e. The van der Waals surface area contributed by atoms with Crippen molar-refractivity contribution in [3.05, 3.63) is 34.4 Å². The SMILES string of the molecule is CC(C)OC(=O)c1cccoc1=O. The maximum absolute atomic E-state index is 11.2. The predicted molar refractivity (Wildman–Crippen MR) is 45.5 cm³/mol. The summed E-state index contributed by atoms with van der Waals surface area (Å²) >= 11 is 0. The molecule has 0 aliphatic carbocycles. The smallest absolute Gasteiger partial charge is 0.350 e. The van der Waals surface area contributed by atoms with Crippen LogP contribution >= 0.6 is 0 Å². The fraction of sp³-hybridized carbons (Fsp3) is 0.333. The molecule has 0 N–H and O–H groups in total. The molecule has 0 bridgehead atoms. The number of carbonyl (C=O) groups excluding carboxylic acids is 1. The van der Waals surface area contributed by atoms with Crippen molar-refractivity contribution in [2.24, 2.45) is 0 Å². The molecule has 0 aliphatic rings. The molecule has 0 aliphatic heterocycles. The molecule has 1 aromatic heterocycles. The first-order valence-corrected chi connectivity index (χ1v) is 3.90. The molecule has 0 atom stereocenters. The molecule has 0 amide bonds. The molecule has 0 fully saturated rings. The molecule has 13 heavy (non-hydrogen) atoms. The summed E-state index contributed by atoms with van der Waals surface area (Å²) in [6, 6.07) is 2.84. The quantitative estimate of drug-likeness (QED) is 0.645. The highest BCUT2D eigenvalue weighted by Gasteiger charge is 2.13. The third-order valence-electron chi connectivity index (χ3n) is 1.30. The van der Waals surface area contributed by atoms with Gasteiger partial charge < -0.3 is 9.15 Å². The topological polar surface area (TPSA) is 56.5 Å². The summed E-state index contributed by atoms with van der Waals surface area (Å²) in [6.45, 7) is 3.42. The standard InChI is InChI=1S/C9H10O4/c1-6(2)13-9(11)7-4-3-5-12-8(7)10/h3-6H,1-2H3. The Balaban J connectivity index is 2.90. The van der Waals surface area contributed by atoms with Crippen LogP contribution in [-0.2, 0) is 4.74 Å². The van der Waals surface area contributed by atoms with Crippen LogP contribution in [0.4, 0.5) is 0 Å². The maximum Gasteiger partial charge on any atom is 0.350 e. The van der Waals surface area contributed by atoms with E-state index in [9.17, 15) is 9.59 Å². The van der Waals surface area contributed by atoms with E-state index in [2.05, 4.69) is 4.42 Å². The molecule has 70 valence electrons. The Hall–Kier alpha value is -1.58. The van der Waals surface area contributed by atoms with Crippen molar-refractivity contribution in [3.8, 4) is 0 Å². The van der Waals surface area contributed by atoms with Gasteiger partial charge >= 0.3 is 11.6 Å². The number of carbonyl (C=O) groups is 1. The first-order chi connectivity index (χ1) is 6.11. The van der Waals surface area contributed by atoms with Crippen molar-refractivity contribution in [1.82, 2.24) is 0 Å². The van der Waals surface area contributed by atoms with Gasteiger partial charge in [0.1, 0.15) is 5.56 Å². The van der Waals surface area contributed by atoms with Gasteiger partial charge in [-0.2, -0.15) is 0 Å². The Labute approximate surface area is 75.1 Å². The summed E-state index contributed by atoms with van der Waals surface area (Å²) < 4.78 is 9.32. The summed E-state index contributed by atoms with van der Waals surface area (Å²) in [5.41, 5.74) is -0.746. The number of rotatable bonds is 2. The van der Waals surface area contributed by atoms with Crippen LogP contribution in [0.25, 0.3) is 0 Å². The Bertz CT molecular complexity index is 351. The molecule has 4 nitrogen and oxygen atoms in total. The number of esters is 1. The van der Waals surface area contributed by atoms with Crippen LogP contribution in [0.1, 0.15) is 24.2 Å². The monoisotopic (exact) mass is 182 g/mol. The second-order valence-electron chi connectivity index (χ2n) is 2.77. The lowest BCUT2D eigenvalue weighted by Crippen LogP contribution is -2.18. The molecule has 0 saturated heterocycles. The Morgan fingerprint density at radius 1 is 1.54 bits per heavy atom. The van der Waals surface area contributed by atoms with E-state index in [0.29, 0.717) is 0 Å². The van der Waals surface area contributed by atoms with E-state index in [1.54, 1.807) is 13.8 Å². The summed E-state index contributed by atoms with van der Waals surface area (Å²) in [4.78, 5) is 22.2. The molecule has 0 spiro atoms. The van der Waals surface area contributed by atoms with E-state index in [4.69, 9.17) is 4.74 Å². The molecule has 0 radical (unpaired) electrons. The van der Waals surface area contributed by atoms with Crippen LogP contribution in [0.2, 0.25) is 0 Å². The van der Waals surface area contributed by atoms with Gasteiger partial charge in [0, 0.05) is 0 Å². The van der Waals surface area contributed by atoms with E-state index in [1.807, 2.05) is 0 Å². The molecule has 0 unspecified atom stereocenters. The zero-order chi connectivity index (χ0) is 9.84. The zero-order valence-corrected chi connectivity index (χ0v) is 7.44. The van der Waals surface area contributed by atoms with E-state index >= 15 is 0 Å². The highest BCUT2D eigenvalue weighted by molar-refractivity contribution is 5.88. The molecular weight excluding hydrogens is 172 g/mol. The van der Waals surface area contributed by atoms with Gasteiger partial charge in [0.05, 0.1) is 12.4 Å². The average molecular weight is 182 g/mol. The van der Waals surface area contributed by atoms with E-state index in [0.717, 1.165) is 0 Å². The minimum absolute atomic E-state index is 0.0730. The maximum atomic E-state index is 11.2. The average Bonchev–Trinajstić information content (AvgIpc) is 2.03. The van der Waals surface area contributed by atoms with Crippen molar-refractivity contribution in [2.45, 2.75) is 20.0 Å². The minimum atomic E-state index is -0.673. The summed E-state index contributed by atoms with van der Waals surface area (Å²) in [6.07, 6.45) is 0.973. The summed E-state index contributed by atoms with van der Waals surface area (Å²) in [7, 11) is 0. The lowest BCUT2D eigenvalue weighted by Gasteiger charge is -2.05. The predicted octanol–water partition coefficient (Wildman–Crippen LogP) is 1.20. The molecule has 4 heteroatoms. The van der Waals surface area contributed by atoms with Crippen LogP contribution in [0, 0.1) is 0 Å². The molecule has 1 aromatic rings. The van der Waals surface area contributed by atoms with E-state index in [-0.39, 0.29) is 11.7 Å². The first kappa shape index (κ1) is 9.51. The third kappa shape index (κ3) is 2.43. The van der Waals surface area contributed by atoms with Crippen LogP contribution < -0.4 is 5.63 Å². The van der Waals surface area contributed by atoms with Crippen LogP contribution in [-0.4, -0.2) is 12.1 Å². The normalized spacial score (nSPS) is 10.1. The van der Waals surface area contributed by atoms with Gasteiger partial charge in [-0.15, -0.1) is 0 Å². The van der Waals surface area contributed by atoms with Crippen LogP contribution in [0.5, 0.6) is 0 Å². The van der Waals surface area contributed by atoms with Crippen molar-refractivity contribution >= 4 is 5.97 Å². The summed E-state index contributed by atoms with van der Waals surface area (Å²) in [5, 5.41) is 0. The number of ether oxygens (including phenoxy) is 1. The van der Waals surface area contributed by atoms with Crippen molar-refractivity contribution < 1.29 is 13.9 Å². The molecule has 1 heterocycles. The fourth-order valence-electron chi connectivity index (χ4n) is 0.797. The van der Waals surface area contributed by atoms with Gasteiger partial charge in [-0.1, -0.05) is 0 Å². The lowest BCUT2D eigenvalue weighted by molar-refractivity contribution is 0.0372. The van der Waals surface area contributed by atoms with Gasteiger partial charge in [-0.3, -0.25) is 0 Å². The molecule has 1 rings (SSSR count). The van der Waals surface area contributed by atoms with Gasteiger partial charge in [0.2, 0.25) is 0 Å². The van der Waals surface area contributed by atoms with Gasteiger partial charge in [0.25, 0.3) is 0 Å². The Morgan fingerprint density at radius 3 is 2.77 bits per heavy atom. The third-order valence-corrected chi connectivity index (χ3v) is 1.30. The molecular formula is C9H10O4. The van der Waals surface area contributed by atoms with Gasteiger partial charge in [-0.05, 0) is 26.0 Å². The minimum Gasteiger partial charge on any atom is -0.459 e. The number of hydrogen-bond donors (Lipinski definition) is 0. The van der Waals surface area contributed by atoms with Crippen molar-refractivity contribution in [1.29, 1.82) is 0 Å². The van der Waals surface area contributed by atoms with Gasteiger partial charge in [-0.25, -0.2) is 9.59 Å². The molecule has 0 saturated carbocycles. The highest BCUT2D eigenvalue weighted by Crippen LogP contribution is 1.98. The molecule has 0 aromatic carbocycles. The van der Waals surface area contributed by atoms with Crippen LogP contribution in [0.3, 0.4) is 0 Å². The zero-order valence-electron chi connectivity index (χ0n) is 7.44. The highest BCUT2D eigenvalue weighted by atomic mass is 16.5. The fourth-order valence-corrected chi connectivity index (χ4v) is 0.797. The Kier molecular flexibility index (Phi) is 2.84. The van der Waals surface area contributed by atoms with E-state index in [1.165, 1.54) is 18.4 Å².